The number of aromatic nitrogens is 1. The van der Waals surface area contributed by atoms with Gasteiger partial charge in [0.25, 0.3) is 0 Å². The van der Waals surface area contributed by atoms with Crippen molar-refractivity contribution >= 4 is 40.9 Å². The lowest BCUT2D eigenvalue weighted by molar-refractivity contribution is -0.123. The van der Waals surface area contributed by atoms with Crippen LogP contribution in [0.1, 0.15) is 49.9 Å². The number of aryl methyl sites for hydroxylation is 1. The van der Waals surface area contributed by atoms with E-state index in [1.54, 1.807) is 58.2 Å². The van der Waals surface area contributed by atoms with Crippen molar-refractivity contribution in [3.63, 3.8) is 0 Å². The summed E-state index contributed by atoms with van der Waals surface area (Å²) in [4.78, 5) is 33.4. The first-order valence-corrected chi connectivity index (χ1v) is 10.5. The molecule has 2 rings (SSSR count). The van der Waals surface area contributed by atoms with Crippen molar-refractivity contribution in [2.75, 3.05) is 11.1 Å². The van der Waals surface area contributed by atoms with Crippen LogP contribution in [-0.4, -0.2) is 28.7 Å². The van der Waals surface area contributed by atoms with Crippen LogP contribution < -0.4 is 22.5 Å². The van der Waals surface area contributed by atoms with E-state index in [1.165, 1.54) is 0 Å². The Balaban J connectivity index is 2.80. The number of hydrogen-bond donors (Lipinski definition) is 5. The molecular formula is C25H31N7O2. The van der Waals surface area contributed by atoms with E-state index in [0.717, 1.165) is 11.8 Å². The molecular weight excluding hydrogens is 430 g/mol. The monoisotopic (exact) mass is 461 g/mol. The van der Waals surface area contributed by atoms with Crippen LogP contribution in [-0.2, 0) is 9.59 Å². The molecule has 1 heterocycles. The Bertz CT molecular complexity index is 1230. The van der Waals surface area contributed by atoms with Crippen molar-refractivity contribution < 1.29 is 9.59 Å². The molecule has 0 aliphatic heterocycles. The minimum atomic E-state index is -0.805. The Morgan fingerprint density at radius 1 is 1.21 bits per heavy atom. The standard InChI is InChI=1S/C25H31N7O2/c1-13-9-10-18(27)17(12-26)19(13)21(20(28)14(2)22(29)33)31-15(3)16-8-7-11-30-23(16)32-24(34)25(4,5)6/h7-12,26H,2,27-28H2,1,3-6H3,(H2,29,33)(H,30,32,34)/b21-20+,26-12?,31-15?. The number of carbonyl (C=O) groups is 2. The van der Waals surface area contributed by atoms with E-state index >= 15 is 0 Å². The predicted octanol–water partition coefficient (Wildman–Crippen LogP) is 3.13. The van der Waals surface area contributed by atoms with E-state index in [1.807, 2.05) is 6.92 Å². The van der Waals surface area contributed by atoms with Gasteiger partial charge in [0.15, 0.2) is 0 Å². The number of carbonyl (C=O) groups excluding carboxylic acids is 2. The average molecular weight is 462 g/mol. The molecule has 0 aliphatic rings. The Morgan fingerprint density at radius 2 is 1.85 bits per heavy atom. The molecule has 8 N–H and O–H groups in total. The summed E-state index contributed by atoms with van der Waals surface area (Å²) in [7, 11) is 0. The maximum Gasteiger partial charge on any atom is 0.250 e. The van der Waals surface area contributed by atoms with Crippen LogP contribution in [0.3, 0.4) is 0 Å². The van der Waals surface area contributed by atoms with E-state index < -0.39 is 11.3 Å². The van der Waals surface area contributed by atoms with Crippen molar-refractivity contribution in [2.24, 2.45) is 21.9 Å². The molecule has 0 saturated heterocycles. The van der Waals surface area contributed by atoms with Gasteiger partial charge in [-0.2, -0.15) is 0 Å². The summed E-state index contributed by atoms with van der Waals surface area (Å²) in [6.07, 6.45) is 2.66. The number of hydrogen-bond acceptors (Lipinski definition) is 7. The minimum absolute atomic E-state index is 0.0483. The Hall–Kier alpha value is -4.27. The quantitative estimate of drug-likeness (QED) is 0.184. The summed E-state index contributed by atoms with van der Waals surface area (Å²) in [5.41, 5.74) is 20.1. The van der Waals surface area contributed by atoms with E-state index in [9.17, 15) is 9.59 Å². The molecule has 1 aromatic carbocycles. The van der Waals surface area contributed by atoms with E-state index in [4.69, 9.17) is 27.6 Å². The van der Waals surface area contributed by atoms with Crippen molar-refractivity contribution in [3.8, 4) is 0 Å². The highest BCUT2D eigenvalue weighted by atomic mass is 16.2. The largest absolute Gasteiger partial charge is 0.398 e. The zero-order valence-corrected chi connectivity index (χ0v) is 20.1. The smallest absolute Gasteiger partial charge is 0.250 e. The second kappa shape index (κ2) is 10.1. The van der Waals surface area contributed by atoms with Crippen LogP contribution in [0.2, 0.25) is 0 Å². The third kappa shape index (κ3) is 5.55. The molecule has 1 aromatic heterocycles. The first-order valence-electron chi connectivity index (χ1n) is 10.5. The fraction of sp³-hybridized carbons (Fsp3) is 0.240. The molecule has 0 radical (unpaired) electrons. The molecule has 0 spiro atoms. The summed E-state index contributed by atoms with van der Waals surface area (Å²) < 4.78 is 0. The lowest BCUT2D eigenvalue weighted by Crippen LogP contribution is -2.28. The van der Waals surface area contributed by atoms with E-state index in [0.29, 0.717) is 33.9 Å². The lowest BCUT2D eigenvalue weighted by atomic mass is 9.95. The zero-order valence-electron chi connectivity index (χ0n) is 20.1. The number of aliphatic imine (C=N–C) groups is 1. The Kier molecular flexibility index (Phi) is 7.73. The molecule has 34 heavy (non-hydrogen) atoms. The highest BCUT2D eigenvalue weighted by Gasteiger charge is 2.24. The zero-order chi connectivity index (χ0) is 25.8. The number of pyridine rings is 1. The summed E-state index contributed by atoms with van der Waals surface area (Å²) >= 11 is 0. The third-order valence-corrected chi connectivity index (χ3v) is 5.14. The molecule has 0 unspecified atom stereocenters. The lowest BCUT2D eigenvalue weighted by Gasteiger charge is -2.19. The van der Waals surface area contributed by atoms with Crippen molar-refractivity contribution in [2.45, 2.75) is 34.6 Å². The van der Waals surface area contributed by atoms with Gasteiger partial charge in [-0.15, -0.1) is 0 Å². The van der Waals surface area contributed by atoms with Gasteiger partial charge < -0.3 is 27.9 Å². The van der Waals surface area contributed by atoms with Crippen LogP contribution in [0.15, 0.2) is 53.3 Å². The second-order valence-corrected chi connectivity index (χ2v) is 8.81. The molecule has 0 saturated carbocycles. The van der Waals surface area contributed by atoms with Crippen LogP contribution in [0.25, 0.3) is 5.70 Å². The third-order valence-electron chi connectivity index (χ3n) is 5.14. The van der Waals surface area contributed by atoms with Gasteiger partial charge in [0.05, 0.1) is 17.0 Å². The van der Waals surface area contributed by atoms with Gasteiger partial charge in [0.1, 0.15) is 5.82 Å². The van der Waals surface area contributed by atoms with Crippen LogP contribution >= 0.6 is 0 Å². The maximum absolute atomic E-state index is 12.6. The average Bonchev–Trinajstić information content (AvgIpc) is 2.77. The number of nitrogens with one attached hydrogen (secondary N) is 2. The molecule has 2 aromatic rings. The highest BCUT2D eigenvalue weighted by molar-refractivity contribution is 6.09. The fourth-order valence-corrected chi connectivity index (χ4v) is 3.06. The molecule has 178 valence electrons. The number of benzene rings is 1. The fourth-order valence-electron chi connectivity index (χ4n) is 3.06. The number of primary amides is 1. The van der Waals surface area contributed by atoms with Crippen LogP contribution in [0, 0.1) is 17.7 Å². The molecule has 2 amide bonds. The molecule has 0 atom stereocenters. The number of nitrogen functional groups attached to an aromatic ring is 1. The van der Waals surface area contributed by atoms with Gasteiger partial charge >= 0.3 is 0 Å². The number of rotatable bonds is 7. The normalized spacial score (nSPS) is 12.6. The predicted molar refractivity (Wildman–Crippen MR) is 137 cm³/mol. The molecule has 9 nitrogen and oxygen atoms in total. The minimum Gasteiger partial charge on any atom is -0.398 e. The SMILES string of the molecule is C=C(C(N)=O)/C(N)=C(\N=C(C)c1cccnc1NC(=O)C(C)(C)C)c1c(C)ccc(N)c1C=N. The first kappa shape index (κ1) is 26.0. The maximum atomic E-state index is 12.6. The number of amides is 2. The van der Waals surface area contributed by atoms with E-state index in [2.05, 4.69) is 16.9 Å². The molecule has 9 heteroatoms. The summed E-state index contributed by atoms with van der Waals surface area (Å²) in [5, 5.41) is 10.7. The van der Waals surface area contributed by atoms with E-state index in [-0.39, 0.29) is 22.9 Å². The number of anilines is 2. The molecule has 0 bridgehead atoms. The van der Waals surface area contributed by atoms with Gasteiger partial charge in [0.2, 0.25) is 11.8 Å². The van der Waals surface area contributed by atoms with Gasteiger partial charge in [-0.1, -0.05) is 33.4 Å². The van der Waals surface area contributed by atoms with Gasteiger partial charge in [-0.25, -0.2) is 4.98 Å². The molecule has 0 aliphatic carbocycles. The number of nitrogens with two attached hydrogens (primary N) is 3. The first-order chi connectivity index (χ1) is 15.8. The number of nitrogens with zero attached hydrogens (tertiary/aromatic N) is 2. The Morgan fingerprint density at radius 3 is 2.41 bits per heavy atom. The van der Waals surface area contributed by atoms with Gasteiger partial charge in [-0.3, -0.25) is 14.6 Å². The van der Waals surface area contributed by atoms with Crippen LogP contribution in [0.4, 0.5) is 11.5 Å². The Labute approximate surface area is 199 Å². The van der Waals surface area contributed by atoms with Crippen LogP contribution in [0.5, 0.6) is 0 Å². The van der Waals surface area contributed by atoms with Crippen molar-refractivity contribution in [1.29, 1.82) is 5.41 Å². The highest BCUT2D eigenvalue weighted by Crippen LogP contribution is 2.31. The van der Waals surface area contributed by atoms with Gasteiger partial charge in [0, 0.05) is 45.9 Å². The summed E-state index contributed by atoms with van der Waals surface area (Å²) in [6.45, 7) is 12.6. The second-order valence-electron chi connectivity index (χ2n) is 8.81. The topological polar surface area (TPSA) is 173 Å². The van der Waals surface area contributed by atoms with Crippen molar-refractivity contribution in [3.05, 3.63) is 70.6 Å². The van der Waals surface area contributed by atoms with Gasteiger partial charge in [-0.05, 0) is 37.6 Å². The summed E-state index contributed by atoms with van der Waals surface area (Å²) in [5.74, 6) is -0.692. The van der Waals surface area contributed by atoms with Crippen molar-refractivity contribution in [1.82, 2.24) is 4.98 Å². The molecule has 0 fully saturated rings. The summed E-state index contributed by atoms with van der Waals surface area (Å²) in [6, 6.07) is 6.91.